The van der Waals surface area contributed by atoms with Crippen LogP contribution in [0.1, 0.15) is 33.1 Å². The van der Waals surface area contributed by atoms with Gasteiger partial charge < -0.3 is 14.0 Å². The van der Waals surface area contributed by atoms with Gasteiger partial charge in [-0.05, 0) is 33.1 Å². The molecule has 7 heteroatoms. The molecule has 0 spiro atoms. The fourth-order valence-corrected chi connectivity index (χ4v) is 2.97. The Morgan fingerprint density at radius 3 is 2.25 bits per heavy atom. The van der Waals surface area contributed by atoms with Crippen molar-refractivity contribution < 1.29 is 52.0 Å². The third-order valence-electron chi connectivity index (χ3n) is 3.00. The maximum absolute atomic E-state index is 11.0. The molecule has 1 atom stereocenters. The predicted molar refractivity (Wildman–Crippen MR) is 51.2 cm³/mol. The smallest absolute Gasteiger partial charge is 0.748 e. The average Bonchev–Trinajstić information content (AvgIpc) is 2.73. The van der Waals surface area contributed by atoms with Gasteiger partial charge in [0.25, 0.3) is 0 Å². The minimum atomic E-state index is -4.20. The van der Waals surface area contributed by atoms with Crippen LogP contribution in [0.4, 0.5) is 0 Å². The van der Waals surface area contributed by atoms with Crippen LogP contribution in [0.2, 0.25) is 0 Å². The van der Waals surface area contributed by atoms with Crippen LogP contribution in [0.25, 0.3) is 0 Å². The summed E-state index contributed by atoms with van der Waals surface area (Å²) in [5, 5.41) is 0. The van der Waals surface area contributed by atoms with Crippen LogP contribution in [-0.2, 0) is 19.6 Å². The topological polar surface area (TPSA) is 75.7 Å². The summed E-state index contributed by atoms with van der Waals surface area (Å²) in [6.07, 6.45) is 0.909. The van der Waals surface area contributed by atoms with Gasteiger partial charge in [0.15, 0.2) is 5.79 Å². The zero-order valence-electron chi connectivity index (χ0n) is 9.86. The largest absolute Gasteiger partial charge is 1.00 e. The third kappa shape index (κ3) is 2.98. The molecule has 0 radical (unpaired) electrons. The van der Waals surface area contributed by atoms with Gasteiger partial charge in [-0.3, -0.25) is 0 Å². The van der Waals surface area contributed by atoms with Gasteiger partial charge in [0.2, 0.25) is 0 Å². The quantitative estimate of drug-likeness (QED) is 0.417. The maximum Gasteiger partial charge on any atom is 1.00 e. The first kappa shape index (κ1) is 14.9. The first-order valence-corrected chi connectivity index (χ1v) is 6.42. The van der Waals surface area contributed by atoms with Crippen LogP contribution >= 0.6 is 0 Å². The van der Waals surface area contributed by atoms with Crippen molar-refractivity contribution in [3.8, 4) is 0 Å². The van der Waals surface area contributed by atoms with Gasteiger partial charge in [0, 0.05) is 0 Å². The molecule has 1 heterocycles. The fourth-order valence-electron chi connectivity index (χ4n) is 1.97. The Labute approximate surface area is 118 Å². The van der Waals surface area contributed by atoms with Crippen LogP contribution in [0.3, 0.4) is 0 Å². The van der Waals surface area contributed by atoms with E-state index in [9.17, 15) is 13.0 Å². The van der Waals surface area contributed by atoms with Crippen molar-refractivity contribution in [2.24, 2.45) is 0 Å². The van der Waals surface area contributed by atoms with Gasteiger partial charge in [0.1, 0.15) is 10.1 Å². The summed E-state index contributed by atoms with van der Waals surface area (Å²) >= 11 is 0. The Morgan fingerprint density at radius 1 is 1.38 bits per heavy atom. The van der Waals surface area contributed by atoms with Crippen molar-refractivity contribution >= 4 is 10.1 Å². The van der Waals surface area contributed by atoms with E-state index in [2.05, 4.69) is 0 Å². The molecule has 0 aromatic carbocycles. The van der Waals surface area contributed by atoms with Crippen molar-refractivity contribution in [3.63, 3.8) is 0 Å². The Kier molecular flexibility index (Phi) is 4.18. The Bertz CT molecular complexity index is 360. The van der Waals surface area contributed by atoms with Gasteiger partial charge in [-0.25, -0.2) is 8.42 Å². The monoisotopic (exact) mass is 258 g/mol. The van der Waals surface area contributed by atoms with E-state index in [0.717, 1.165) is 0 Å². The molecule has 88 valence electrons. The van der Waals surface area contributed by atoms with Gasteiger partial charge in [0.05, 0.1) is 17.5 Å². The minimum Gasteiger partial charge on any atom is -0.748 e. The molecule has 2 aliphatic rings. The minimum absolute atomic E-state index is 0. The number of rotatable bonds is 3. The summed E-state index contributed by atoms with van der Waals surface area (Å²) < 4.78 is 42.8. The van der Waals surface area contributed by atoms with E-state index in [1.807, 2.05) is 0 Å². The standard InChI is InChI=1S/C9H16O5S.Na/c1-8(2)13-6-7(14-8)5-9(3-4-9)15(10,11)12;/h7H,3-6H2,1-2H3,(H,10,11,12);/q;+1/p-1/t7-;/m0./s1. The van der Waals surface area contributed by atoms with E-state index in [1.54, 1.807) is 13.8 Å². The summed E-state index contributed by atoms with van der Waals surface area (Å²) in [4.78, 5) is 0. The normalized spacial score (nSPS) is 30.8. The van der Waals surface area contributed by atoms with Crippen molar-refractivity contribution in [1.82, 2.24) is 0 Å². The van der Waals surface area contributed by atoms with E-state index < -0.39 is 20.7 Å². The third-order valence-corrected chi connectivity index (χ3v) is 4.64. The molecule has 5 nitrogen and oxygen atoms in total. The summed E-state index contributed by atoms with van der Waals surface area (Å²) in [7, 11) is -4.20. The zero-order chi connectivity index (χ0) is 11.3. The Balaban J connectivity index is 0.00000128. The van der Waals surface area contributed by atoms with Crippen molar-refractivity contribution in [2.45, 2.75) is 49.7 Å². The fraction of sp³-hybridized carbons (Fsp3) is 1.00. The summed E-state index contributed by atoms with van der Waals surface area (Å²) in [6, 6.07) is 0. The van der Waals surface area contributed by atoms with Gasteiger partial charge >= 0.3 is 29.6 Å². The average molecular weight is 258 g/mol. The van der Waals surface area contributed by atoms with Gasteiger partial charge in [-0.15, -0.1) is 0 Å². The first-order valence-electron chi connectivity index (χ1n) is 5.01. The van der Waals surface area contributed by atoms with Gasteiger partial charge in [-0.2, -0.15) is 0 Å². The molecule has 2 fully saturated rings. The van der Waals surface area contributed by atoms with Crippen LogP contribution in [0.15, 0.2) is 0 Å². The van der Waals surface area contributed by atoms with Crippen LogP contribution in [0, 0.1) is 0 Å². The SMILES string of the molecule is CC1(C)OC[C@H](CC2(S(=O)(=O)[O-])CC2)O1.[Na+]. The number of hydrogen-bond acceptors (Lipinski definition) is 5. The van der Waals surface area contributed by atoms with Crippen LogP contribution in [0.5, 0.6) is 0 Å². The summed E-state index contributed by atoms with van der Waals surface area (Å²) in [5.74, 6) is -0.659. The second kappa shape index (κ2) is 4.50. The molecule has 1 aliphatic heterocycles. The molecular weight excluding hydrogens is 243 g/mol. The van der Waals surface area contributed by atoms with Crippen molar-refractivity contribution in [3.05, 3.63) is 0 Å². The zero-order valence-corrected chi connectivity index (χ0v) is 12.7. The molecule has 1 saturated carbocycles. The van der Waals surface area contributed by atoms with Crippen molar-refractivity contribution in [2.75, 3.05) is 6.61 Å². The molecule has 16 heavy (non-hydrogen) atoms. The second-order valence-corrected chi connectivity index (χ2v) is 6.57. The molecule has 0 N–H and O–H groups in total. The molecule has 2 rings (SSSR count). The van der Waals surface area contributed by atoms with Crippen LogP contribution in [-0.4, -0.2) is 36.2 Å². The molecule has 0 amide bonds. The van der Waals surface area contributed by atoms with Crippen molar-refractivity contribution in [1.29, 1.82) is 0 Å². The molecule has 0 aromatic heterocycles. The van der Waals surface area contributed by atoms with Gasteiger partial charge in [-0.1, -0.05) is 0 Å². The summed E-state index contributed by atoms with van der Waals surface area (Å²) in [5.41, 5.74) is 0. The Hall–Kier alpha value is 0.830. The molecular formula is C9H15NaO5S. The summed E-state index contributed by atoms with van der Waals surface area (Å²) in [6.45, 7) is 3.92. The second-order valence-electron chi connectivity index (χ2n) is 4.79. The molecule has 0 unspecified atom stereocenters. The molecule has 1 aliphatic carbocycles. The van der Waals surface area contributed by atoms with E-state index in [1.165, 1.54) is 0 Å². The number of hydrogen-bond donors (Lipinski definition) is 0. The predicted octanol–water partition coefficient (Wildman–Crippen LogP) is -2.39. The van der Waals surface area contributed by atoms with E-state index >= 15 is 0 Å². The van der Waals surface area contributed by atoms with E-state index in [0.29, 0.717) is 19.4 Å². The Morgan fingerprint density at radius 2 is 1.94 bits per heavy atom. The molecule has 1 saturated heterocycles. The number of ether oxygens (including phenoxy) is 2. The molecule has 0 bridgehead atoms. The maximum atomic E-state index is 11.0. The first-order chi connectivity index (χ1) is 6.74. The van der Waals surface area contributed by atoms with E-state index in [-0.39, 0.29) is 42.1 Å². The van der Waals surface area contributed by atoms with Crippen LogP contribution < -0.4 is 29.6 Å². The molecule has 0 aromatic rings. The van der Waals surface area contributed by atoms with E-state index in [4.69, 9.17) is 9.47 Å².